The van der Waals surface area contributed by atoms with Crippen LogP contribution in [0.3, 0.4) is 0 Å². The molecule has 96 valence electrons. The molecule has 0 aliphatic heterocycles. The number of halogens is 4. The highest BCUT2D eigenvalue weighted by Crippen LogP contribution is 2.26. The lowest BCUT2D eigenvalue weighted by Crippen LogP contribution is -2.31. The predicted molar refractivity (Wildman–Crippen MR) is 54.9 cm³/mol. The SMILES string of the molecule is CCNC(C)COc1c(F)c(F)cc(F)c1F. The first-order valence-corrected chi connectivity index (χ1v) is 5.16. The highest BCUT2D eigenvalue weighted by atomic mass is 19.2. The predicted octanol–water partition coefficient (Wildman–Crippen LogP) is 2.62. The van der Waals surface area contributed by atoms with E-state index in [1.165, 1.54) is 0 Å². The van der Waals surface area contributed by atoms with Gasteiger partial charge in [-0.15, -0.1) is 0 Å². The van der Waals surface area contributed by atoms with Crippen molar-refractivity contribution in [3.8, 4) is 5.75 Å². The lowest BCUT2D eigenvalue weighted by atomic mass is 10.3. The molecule has 0 aliphatic rings. The summed E-state index contributed by atoms with van der Waals surface area (Å²) in [6.45, 7) is 4.12. The molecule has 0 aromatic heterocycles. The van der Waals surface area contributed by atoms with E-state index in [9.17, 15) is 17.6 Å². The number of ether oxygens (including phenoxy) is 1. The first-order chi connectivity index (χ1) is 7.97. The van der Waals surface area contributed by atoms with Crippen LogP contribution in [0.25, 0.3) is 0 Å². The topological polar surface area (TPSA) is 21.3 Å². The molecule has 0 fully saturated rings. The molecule has 1 aromatic rings. The highest BCUT2D eigenvalue weighted by Gasteiger charge is 2.20. The lowest BCUT2D eigenvalue weighted by Gasteiger charge is -2.14. The molecular formula is C11H13F4NO. The minimum atomic E-state index is -1.52. The maximum absolute atomic E-state index is 13.2. The molecule has 0 saturated heterocycles. The summed E-state index contributed by atoms with van der Waals surface area (Å²) in [4.78, 5) is 0. The molecule has 1 aromatic carbocycles. The fraction of sp³-hybridized carbons (Fsp3) is 0.455. The molecule has 6 heteroatoms. The molecule has 0 bridgehead atoms. The van der Waals surface area contributed by atoms with Gasteiger partial charge in [-0.05, 0) is 13.5 Å². The number of benzene rings is 1. The second-order valence-corrected chi connectivity index (χ2v) is 3.57. The second kappa shape index (κ2) is 5.86. The molecule has 1 unspecified atom stereocenters. The van der Waals surface area contributed by atoms with Gasteiger partial charge in [-0.1, -0.05) is 6.92 Å². The Morgan fingerprint density at radius 1 is 1.18 bits per heavy atom. The normalized spacial score (nSPS) is 12.6. The molecular weight excluding hydrogens is 238 g/mol. The number of hydrogen-bond donors (Lipinski definition) is 1. The highest BCUT2D eigenvalue weighted by molar-refractivity contribution is 5.28. The van der Waals surface area contributed by atoms with Crippen LogP contribution in [-0.4, -0.2) is 19.2 Å². The van der Waals surface area contributed by atoms with E-state index in [0.717, 1.165) is 0 Å². The molecule has 1 atom stereocenters. The molecule has 0 heterocycles. The van der Waals surface area contributed by atoms with Crippen LogP contribution in [0.4, 0.5) is 17.6 Å². The van der Waals surface area contributed by atoms with Gasteiger partial charge >= 0.3 is 0 Å². The van der Waals surface area contributed by atoms with Crippen molar-refractivity contribution < 1.29 is 22.3 Å². The third-order valence-electron chi connectivity index (χ3n) is 2.10. The van der Waals surface area contributed by atoms with Gasteiger partial charge in [0.15, 0.2) is 17.4 Å². The van der Waals surface area contributed by atoms with Crippen molar-refractivity contribution in [3.63, 3.8) is 0 Å². The van der Waals surface area contributed by atoms with Crippen LogP contribution < -0.4 is 10.1 Å². The first-order valence-electron chi connectivity index (χ1n) is 5.16. The molecule has 17 heavy (non-hydrogen) atoms. The quantitative estimate of drug-likeness (QED) is 0.641. The van der Waals surface area contributed by atoms with Gasteiger partial charge in [-0.25, -0.2) is 8.78 Å². The van der Waals surface area contributed by atoms with Crippen molar-refractivity contribution in [2.24, 2.45) is 0 Å². The van der Waals surface area contributed by atoms with E-state index in [0.29, 0.717) is 6.54 Å². The summed E-state index contributed by atoms with van der Waals surface area (Å²) in [5.41, 5.74) is 0. The summed E-state index contributed by atoms with van der Waals surface area (Å²) in [6.07, 6.45) is 0. The lowest BCUT2D eigenvalue weighted by molar-refractivity contribution is 0.242. The Labute approximate surface area is 96.6 Å². The van der Waals surface area contributed by atoms with Gasteiger partial charge in [-0.2, -0.15) is 8.78 Å². The van der Waals surface area contributed by atoms with Crippen molar-refractivity contribution in [2.45, 2.75) is 19.9 Å². The molecule has 0 amide bonds. The van der Waals surface area contributed by atoms with E-state index in [4.69, 9.17) is 4.74 Å². The zero-order valence-electron chi connectivity index (χ0n) is 9.49. The first kappa shape index (κ1) is 13.8. The largest absolute Gasteiger partial charge is 0.486 e. The maximum Gasteiger partial charge on any atom is 0.203 e. The third-order valence-corrected chi connectivity index (χ3v) is 2.10. The standard InChI is InChI=1S/C11H13F4NO/c1-3-16-6(2)5-17-11-9(14)7(12)4-8(13)10(11)15/h4,6,16H,3,5H2,1-2H3. The Morgan fingerprint density at radius 2 is 1.71 bits per heavy atom. The fourth-order valence-corrected chi connectivity index (χ4v) is 1.29. The Hall–Kier alpha value is -1.30. The minimum Gasteiger partial charge on any atom is -0.486 e. The van der Waals surface area contributed by atoms with Crippen molar-refractivity contribution >= 4 is 0 Å². The van der Waals surface area contributed by atoms with Gasteiger partial charge in [-0.3, -0.25) is 0 Å². The van der Waals surface area contributed by atoms with Crippen LogP contribution in [0.5, 0.6) is 5.75 Å². The molecule has 0 radical (unpaired) electrons. The van der Waals surface area contributed by atoms with Crippen molar-refractivity contribution in [2.75, 3.05) is 13.2 Å². The van der Waals surface area contributed by atoms with Crippen LogP contribution in [0.1, 0.15) is 13.8 Å². The summed E-state index contributed by atoms with van der Waals surface area (Å²) < 4.78 is 56.7. The van der Waals surface area contributed by atoms with Gasteiger partial charge in [0.1, 0.15) is 6.61 Å². The van der Waals surface area contributed by atoms with E-state index in [2.05, 4.69) is 5.32 Å². The molecule has 0 aliphatic carbocycles. The van der Waals surface area contributed by atoms with Gasteiger partial charge in [0.25, 0.3) is 0 Å². The van der Waals surface area contributed by atoms with E-state index in [1.54, 1.807) is 6.92 Å². The average molecular weight is 251 g/mol. The van der Waals surface area contributed by atoms with Gasteiger partial charge in [0, 0.05) is 12.1 Å². The van der Waals surface area contributed by atoms with E-state index >= 15 is 0 Å². The summed E-state index contributed by atoms with van der Waals surface area (Å²) in [6, 6.07) is -0.0456. The fourth-order valence-electron chi connectivity index (χ4n) is 1.29. The minimum absolute atomic E-state index is 0.0927. The van der Waals surface area contributed by atoms with Crippen LogP contribution >= 0.6 is 0 Å². The van der Waals surface area contributed by atoms with E-state index < -0.39 is 29.0 Å². The number of hydrogen-bond acceptors (Lipinski definition) is 2. The number of likely N-dealkylation sites (N-methyl/N-ethyl adjacent to an activating group) is 1. The Morgan fingerprint density at radius 3 is 2.18 bits per heavy atom. The maximum atomic E-state index is 13.2. The smallest absolute Gasteiger partial charge is 0.203 e. The second-order valence-electron chi connectivity index (χ2n) is 3.57. The summed E-state index contributed by atoms with van der Waals surface area (Å²) in [5, 5.41) is 2.93. The summed E-state index contributed by atoms with van der Waals surface area (Å²) in [5.74, 6) is -7.02. The molecule has 1 N–H and O–H groups in total. The van der Waals surface area contributed by atoms with Crippen LogP contribution in [-0.2, 0) is 0 Å². The average Bonchev–Trinajstić information content (AvgIpc) is 2.27. The van der Waals surface area contributed by atoms with E-state index in [1.807, 2.05) is 6.92 Å². The summed E-state index contributed by atoms with van der Waals surface area (Å²) in [7, 11) is 0. The van der Waals surface area contributed by atoms with E-state index in [-0.39, 0.29) is 18.7 Å². The van der Waals surface area contributed by atoms with Crippen LogP contribution in [0.2, 0.25) is 0 Å². The van der Waals surface area contributed by atoms with Gasteiger partial charge < -0.3 is 10.1 Å². The van der Waals surface area contributed by atoms with Crippen LogP contribution in [0.15, 0.2) is 6.07 Å². The van der Waals surface area contributed by atoms with Crippen molar-refractivity contribution in [1.82, 2.24) is 5.32 Å². The molecule has 0 saturated carbocycles. The Bertz CT molecular complexity index is 371. The monoisotopic (exact) mass is 251 g/mol. The number of nitrogens with one attached hydrogen (secondary N) is 1. The molecule has 1 rings (SSSR count). The van der Waals surface area contributed by atoms with Crippen molar-refractivity contribution in [1.29, 1.82) is 0 Å². The van der Waals surface area contributed by atoms with Crippen LogP contribution in [0, 0.1) is 23.3 Å². The molecule has 0 spiro atoms. The molecule has 2 nitrogen and oxygen atoms in total. The van der Waals surface area contributed by atoms with Crippen molar-refractivity contribution in [3.05, 3.63) is 29.3 Å². The Balaban J connectivity index is 2.83. The zero-order chi connectivity index (χ0) is 13.0. The summed E-state index contributed by atoms with van der Waals surface area (Å²) >= 11 is 0. The Kier molecular flexibility index (Phi) is 4.74. The number of rotatable bonds is 5. The third kappa shape index (κ3) is 3.33. The van der Waals surface area contributed by atoms with Gasteiger partial charge in [0.2, 0.25) is 11.6 Å². The van der Waals surface area contributed by atoms with Gasteiger partial charge in [0.05, 0.1) is 0 Å². The zero-order valence-corrected chi connectivity index (χ0v) is 9.49.